The van der Waals surface area contributed by atoms with E-state index >= 15 is 0 Å². The summed E-state index contributed by atoms with van der Waals surface area (Å²) in [5, 5.41) is 9.17. The van der Waals surface area contributed by atoms with Gasteiger partial charge < -0.3 is 0 Å². The van der Waals surface area contributed by atoms with Gasteiger partial charge in [0.2, 0.25) is 0 Å². The Morgan fingerprint density at radius 1 is 0.568 bits per heavy atom. The summed E-state index contributed by atoms with van der Waals surface area (Å²) < 4.78 is 0. The Morgan fingerprint density at radius 3 is 1.73 bits per heavy atom. The zero-order chi connectivity index (χ0) is 25.7. The minimum atomic E-state index is -1.38. The second-order valence-electron chi connectivity index (χ2n) is 11.5. The van der Waals surface area contributed by atoms with Crippen molar-refractivity contribution in [2.45, 2.75) is 39.4 Å². The third-order valence-corrected chi connectivity index (χ3v) is 9.68. The molecule has 1 aromatic heterocycles. The van der Waals surface area contributed by atoms with Gasteiger partial charge in [-0.2, -0.15) is 0 Å². The Hall–Kier alpha value is -3.75. The lowest BCUT2D eigenvalue weighted by Crippen LogP contribution is -2.37. The van der Waals surface area contributed by atoms with Crippen LogP contribution in [0.15, 0.2) is 103 Å². The minimum Gasteiger partial charge on any atom is -0.256 e. The maximum Gasteiger partial charge on any atom is 0.0796 e. The molecule has 6 rings (SSSR count). The molecule has 5 aromatic carbocycles. The molecule has 37 heavy (non-hydrogen) atoms. The van der Waals surface area contributed by atoms with Crippen LogP contribution in [0.2, 0.25) is 19.6 Å². The van der Waals surface area contributed by atoms with E-state index in [1.54, 1.807) is 0 Å². The number of rotatable bonds is 4. The molecule has 0 radical (unpaired) electrons. The molecule has 2 heteroatoms. The summed E-state index contributed by atoms with van der Waals surface area (Å²) in [6, 6.07) is 36.0. The van der Waals surface area contributed by atoms with E-state index in [2.05, 4.69) is 137 Å². The number of pyridine rings is 1. The summed E-state index contributed by atoms with van der Waals surface area (Å²) in [5.74, 6) is 0.469. The van der Waals surface area contributed by atoms with Gasteiger partial charge in [-0.25, -0.2) is 0 Å². The van der Waals surface area contributed by atoms with Gasteiger partial charge in [0.15, 0.2) is 0 Å². The largest absolute Gasteiger partial charge is 0.256 e. The molecule has 182 valence electrons. The van der Waals surface area contributed by atoms with Gasteiger partial charge >= 0.3 is 0 Å². The number of benzene rings is 5. The monoisotopic (exact) mass is 495 g/mol. The smallest absolute Gasteiger partial charge is 0.0796 e. The third-order valence-electron chi connectivity index (χ3n) is 7.66. The van der Waals surface area contributed by atoms with Crippen molar-refractivity contribution in [2.75, 3.05) is 0 Å². The molecule has 0 saturated heterocycles. The summed E-state index contributed by atoms with van der Waals surface area (Å²) >= 11 is 0. The molecule has 0 aliphatic heterocycles. The molecule has 1 heterocycles. The van der Waals surface area contributed by atoms with E-state index in [1.807, 2.05) is 0 Å². The quantitative estimate of drug-likeness (QED) is 0.175. The first-order chi connectivity index (χ1) is 17.8. The molecule has 0 bridgehead atoms. The fourth-order valence-electron chi connectivity index (χ4n) is 5.56. The molecular formula is C35H33NSi. The Kier molecular flexibility index (Phi) is 5.73. The Labute approximate surface area is 220 Å². The second-order valence-corrected chi connectivity index (χ2v) is 16.6. The van der Waals surface area contributed by atoms with E-state index in [4.69, 9.17) is 4.98 Å². The molecule has 0 amide bonds. The summed E-state index contributed by atoms with van der Waals surface area (Å²) in [6.07, 6.45) is 2.09. The van der Waals surface area contributed by atoms with Crippen molar-refractivity contribution in [2.24, 2.45) is 0 Å². The molecule has 0 unspecified atom stereocenters. The Morgan fingerprint density at radius 2 is 1.14 bits per heavy atom. The fraction of sp³-hybridized carbons (Fsp3) is 0.171. The van der Waals surface area contributed by atoms with Gasteiger partial charge in [0, 0.05) is 11.8 Å². The predicted octanol–water partition coefficient (Wildman–Crippen LogP) is 9.54. The van der Waals surface area contributed by atoms with E-state index in [-0.39, 0.29) is 0 Å². The van der Waals surface area contributed by atoms with Crippen LogP contribution in [0.4, 0.5) is 0 Å². The van der Waals surface area contributed by atoms with Crippen LogP contribution >= 0.6 is 0 Å². The molecule has 0 aliphatic carbocycles. The van der Waals surface area contributed by atoms with Gasteiger partial charge in [0.25, 0.3) is 0 Å². The first kappa shape index (κ1) is 23.6. The summed E-state index contributed by atoms with van der Waals surface area (Å²) in [7, 11) is -1.38. The normalized spacial score (nSPS) is 12.2. The van der Waals surface area contributed by atoms with Gasteiger partial charge in [0.05, 0.1) is 13.8 Å². The molecule has 0 aliphatic rings. The van der Waals surface area contributed by atoms with E-state index in [0.29, 0.717) is 5.92 Å². The number of hydrogen-bond donors (Lipinski definition) is 0. The molecule has 0 saturated carbocycles. The van der Waals surface area contributed by atoms with E-state index < -0.39 is 8.07 Å². The number of aromatic nitrogens is 1. The van der Waals surface area contributed by atoms with Crippen LogP contribution in [0.1, 0.15) is 25.3 Å². The van der Waals surface area contributed by atoms with E-state index in [1.165, 1.54) is 59.8 Å². The van der Waals surface area contributed by atoms with E-state index in [0.717, 1.165) is 5.69 Å². The van der Waals surface area contributed by atoms with Crippen LogP contribution in [-0.4, -0.2) is 13.1 Å². The van der Waals surface area contributed by atoms with Crippen molar-refractivity contribution in [1.29, 1.82) is 0 Å². The van der Waals surface area contributed by atoms with Crippen LogP contribution in [0, 0.1) is 0 Å². The van der Waals surface area contributed by atoms with Crippen LogP contribution in [-0.2, 0) is 0 Å². The average molecular weight is 496 g/mol. The lowest BCUT2D eigenvalue weighted by molar-refractivity contribution is 0.869. The predicted molar refractivity (Wildman–Crippen MR) is 165 cm³/mol. The first-order valence-corrected chi connectivity index (χ1v) is 16.8. The zero-order valence-corrected chi connectivity index (χ0v) is 23.3. The second kappa shape index (κ2) is 8.97. The molecular weight excluding hydrogens is 462 g/mol. The molecule has 0 spiro atoms. The Bertz CT molecular complexity index is 1770. The topological polar surface area (TPSA) is 12.9 Å². The number of nitrogens with zero attached hydrogens (tertiary/aromatic N) is 1. The highest BCUT2D eigenvalue weighted by Crippen LogP contribution is 2.39. The summed E-state index contributed by atoms with van der Waals surface area (Å²) in [5.41, 5.74) is 6.18. The van der Waals surface area contributed by atoms with Crippen molar-refractivity contribution >= 4 is 45.6 Å². The molecule has 6 aromatic rings. The van der Waals surface area contributed by atoms with Gasteiger partial charge in [0.1, 0.15) is 0 Å². The Balaban J connectivity index is 1.62. The molecule has 0 N–H and O–H groups in total. The molecule has 1 nitrogen and oxygen atoms in total. The third kappa shape index (κ3) is 4.16. The van der Waals surface area contributed by atoms with Crippen LogP contribution in [0.25, 0.3) is 54.7 Å². The molecule has 0 fully saturated rings. The van der Waals surface area contributed by atoms with Crippen LogP contribution < -0.4 is 5.19 Å². The van der Waals surface area contributed by atoms with Gasteiger partial charge in [-0.15, -0.1) is 0 Å². The van der Waals surface area contributed by atoms with Crippen molar-refractivity contribution in [3.63, 3.8) is 0 Å². The fourth-order valence-corrected chi connectivity index (χ4v) is 6.59. The average Bonchev–Trinajstić information content (AvgIpc) is 2.92. The van der Waals surface area contributed by atoms with Crippen LogP contribution in [0.5, 0.6) is 0 Å². The number of fused-ring (bicyclic) bond motifs is 6. The standard InChI is InChI=1S/C35H33NSi/c1-23(2)27-10-6-7-11-28(27)24-14-17-31-29-12-8-9-13-30(29)32-18-15-25(21-34(32)33(31)20-24)35-19-16-26(22-36-35)37(3,4)5/h6-23H,1-5H3. The maximum atomic E-state index is 4.90. The lowest BCUT2D eigenvalue weighted by Gasteiger charge is -2.17. The van der Waals surface area contributed by atoms with Gasteiger partial charge in [-0.3, -0.25) is 4.98 Å². The van der Waals surface area contributed by atoms with Gasteiger partial charge in [-0.05, 0) is 78.3 Å². The van der Waals surface area contributed by atoms with Crippen molar-refractivity contribution in [3.8, 4) is 22.4 Å². The lowest BCUT2D eigenvalue weighted by atomic mass is 9.88. The van der Waals surface area contributed by atoms with E-state index in [9.17, 15) is 0 Å². The highest BCUT2D eigenvalue weighted by atomic mass is 28.3. The van der Waals surface area contributed by atoms with Gasteiger partial charge in [-0.1, -0.05) is 112 Å². The number of hydrogen-bond acceptors (Lipinski definition) is 1. The zero-order valence-electron chi connectivity index (χ0n) is 22.3. The van der Waals surface area contributed by atoms with Crippen molar-refractivity contribution in [1.82, 2.24) is 4.98 Å². The maximum absolute atomic E-state index is 4.90. The summed E-state index contributed by atoms with van der Waals surface area (Å²) in [4.78, 5) is 4.90. The van der Waals surface area contributed by atoms with Crippen LogP contribution in [0.3, 0.4) is 0 Å². The summed E-state index contributed by atoms with van der Waals surface area (Å²) in [6.45, 7) is 11.6. The first-order valence-electron chi connectivity index (χ1n) is 13.3. The van der Waals surface area contributed by atoms with Crippen molar-refractivity contribution < 1.29 is 0 Å². The van der Waals surface area contributed by atoms with Crippen molar-refractivity contribution in [3.05, 3.63) is 109 Å². The highest BCUT2D eigenvalue weighted by Gasteiger charge is 2.17. The molecule has 0 atom stereocenters. The highest BCUT2D eigenvalue weighted by molar-refractivity contribution is 6.88. The SMILES string of the molecule is CC(C)c1ccccc1-c1ccc2c3ccccc3c3ccc(-c4ccc([Si](C)(C)C)cn4)cc3c2c1. The minimum absolute atomic E-state index is 0.469.